The van der Waals surface area contributed by atoms with E-state index in [0.29, 0.717) is 36.1 Å². The summed E-state index contributed by atoms with van der Waals surface area (Å²) in [6, 6.07) is 5.25. The molecule has 3 rings (SSSR count). The van der Waals surface area contributed by atoms with Crippen molar-refractivity contribution in [2.45, 2.75) is 32.6 Å². The summed E-state index contributed by atoms with van der Waals surface area (Å²) in [6.07, 6.45) is 7.19. The van der Waals surface area contributed by atoms with Crippen LogP contribution in [0.15, 0.2) is 24.3 Å². The van der Waals surface area contributed by atoms with Gasteiger partial charge < -0.3 is 14.7 Å². The minimum Gasteiger partial charge on any atom is -0.341 e. The lowest BCUT2D eigenvalue weighted by Gasteiger charge is -2.31. The van der Waals surface area contributed by atoms with E-state index in [4.69, 9.17) is 23.2 Å². The Morgan fingerprint density at radius 2 is 1.83 bits per heavy atom. The summed E-state index contributed by atoms with van der Waals surface area (Å²) in [4.78, 5) is 31.2. The molecule has 2 saturated heterocycles. The lowest BCUT2D eigenvalue weighted by Crippen LogP contribution is -2.38. The Morgan fingerprint density at radius 1 is 1.07 bits per heavy atom. The van der Waals surface area contributed by atoms with Gasteiger partial charge in [-0.25, -0.2) is 0 Å². The predicted molar refractivity (Wildman–Crippen MR) is 123 cm³/mol. The number of hydrogen-bond donors (Lipinski definition) is 0. The van der Waals surface area contributed by atoms with Crippen LogP contribution < -0.4 is 0 Å². The zero-order valence-corrected chi connectivity index (χ0v) is 19.2. The molecule has 2 aliphatic heterocycles. The van der Waals surface area contributed by atoms with Gasteiger partial charge in [0.15, 0.2) is 0 Å². The van der Waals surface area contributed by atoms with Crippen LogP contribution in [0.2, 0.25) is 10.0 Å². The van der Waals surface area contributed by atoms with Crippen molar-refractivity contribution >= 4 is 41.1 Å². The Hall–Kier alpha value is -1.56. The summed E-state index contributed by atoms with van der Waals surface area (Å²) in [5.74, 6) is 0.895. The average Bonchev–Trinajstić information content (AvgIpc) is 2.92. The van der Waals surface area contributed by atoms with E-state index in [2.05, 4.69) is 11.8 Å². The second-order valence-electron chi connectivity index (χ2n) is 8.34. The van der Waals surface area contributed by atoms with E-state index in [0.717, 1.165) is 31.0 Å². The monoisotopic (exact) mass is 451 g/mol. The molecule has 5 nitrogen and oxygen atoms in total. The van der Waals surface area contributed by atoms with Gasteiger partial charge in [-0.2, -0.15) is 0 Å². The molecule has 1 aromatic rings. The fourth-order valence-electron chi connectivity index (χ4n) is 3.98. The third-order valence-electron chi connectivity index (χ3n) is 6.04. The van der Waals surface area contributed by atoms with Crippen molar-refractivity contribution in [2.24, 2.45) is 5.92 Å². The molecule has 0 spiro atoms. The standard InChI is InChI=1S/C23H31Cl2N3O2/c1-18-7-12-26(13-8-18)10-2-11-27-15-16-28(14-9-23(27)30)22(29)6-4-19-3-5-20(24)21(25)17-19/h3-6,17-18H,2,7-16H2,1H3/b6-4+. The fourth-order valence-corrected chi connectivity index (χ4v) is 4.29. The molecule has 0 saturated carbocycles. The Kier molecular flexibility index (Phi) is 8.61. The summed E-state index contributed by atoms with van der Waals surface area (Å²) in [5, 5.41) is 0.947. The van der Waals surface area contributed by atoms with Gasteiger partial charge in [0.2, 0.25) is 11.8 Å². The number of piperidine rings is 1. The lowest BCUT2D eigenvalue weighted by atomic mass is 9.99. The third kappa shape index (κ3) is 6.73. The molecule has 0 aromatic heterocycles. The van der Waals surface area contributed by atoms with E-state index in [1.165, 1.54) is 32.0 Å². The second kappa shape index (κ2) is 11.2. The fraction of sp³-hybridized carbons (Fsp3) is 0.565. The van der Waals surface area contributed by atoms with Gasteiger partial charge in [0.25, 0.3) is 0 Å². The van der Waals surface area contributed by atoms with Crippen LogP contribution >= 0.6 is 23.2 Å². The Bertz CT molecular complexity index is 776. The molecule has 0 N–H and O–H groups in total. The number of carbonyl (C=O) groups excluding carboxylic acids is 2. The van der Waals surface area contributed by atoms with Gasteiger partial charge in [0.05, 0.1) is 10.0 Å². The minimum absolute atomic E-state index is 0.0850. The molecule has 0 atom stereocenters. The largest absolute Gasteiger partial charge is 0.341 e. The normalized spacial score (nSPS) is 19.5. The van der Waals surface area contributed by atoms with Crippen LogP contribution in [0, 0.1) is 5.92 Å². The maximum atomic E-state index is 12.6. The van der Waals surface area contributed by atoms with Gasteiger partial charge >= 0.3 is 0 Å². The van der Waals surface area contributed by atoms with E-state index in [9.17, 15) is 9.59 Å². The van der Waals surface area contributed by atoms with E-state index >= 15 is 0 Å². The highest BCUT2D eigenvalue weighted by Gasteiger charge is 2.23. The van der Waals surface area contributed by atoms with Gasteiger partial charge in [-0.15, -0.1) is 0 Å². The van der Waals surface area contributed by atoms with E-state index in [-0.39, 0.29) is 11.8 Å². The smallest absolute Gasteiger partial charge is 0.246 e. The number of amides is 2. The van der Waals surface area contributed by atoms with Gasteiger partial charge in [0, 0.05) is 38.7 Å². The molecule has 30 heavy (non-hydrogen) atoms. The molecular formula is C23H31Cl2N3O2. The highest BCUT2D eigenvalue weighted by atomic mass is 35.5. The van der Waals surface area contributed by atoms with Crippen LogP contribution in [0.1, 0.15) is 38.2 Å². The van der Waals surface area contributed by atoms with Crippen LogP contribution in [0.4, 0.5) is 0 Å². The molecule has 1 aromatic carbocycles. The predicted octanol–water partition coefficient (Wildman–Crippen LogP) is 4.19. The van der Waals surface area contributed by atoms with Crippen LogP contribution in [-0.4, -0.2) is 72.3 Å². The molecule has 164 valence electrons. The number of halogens is 2. The van der Waals surface area contributed by atoms with Gasteiger partial charge in [-0.1, -0.05) is 36.2 Å². The summed E-state index contributed by atoms with van der Waals surface area (Å²) in [6.45, 7) is 8.10. The lowest BCUT2D eigenvalue weighted by molar-refractivity contribution is -0.130. The summed E-state index contributed by atoms with van der Waals surface area (Å²) in [7, 11) is 0. The number of benzene rings is 1. The number of rotatable bonds is 6. The highest BCUT2D eigenvalue weighted by Crippen LogP contribution is 2.23. The molecule has 0 aliphatic carbocycles. The number of carbonyl (C=O) groups is 2. The highest BCUT2D eigenvalue weighted by molar-refractivity contribution is 6.42. The SMILES string of the molecule is CC1CCN(CCCN2CCN(C(=O)/C=C/c3ccc(Cl)c(Cl)c3)CCC2=O)CC1. The van der Waals surface area contributed by atoms with Gasteiger partial charge in [0.1, 0.15) is 0 Å². The van der Waals surface area contributed by atoms with E-state index < -0.39 is 0 Å². The first-order valence-corrected chi connectivity index (χ1v) is 11.6. The van der Waals surface area contributed by atoms with E-state index in [1.807, 2.05) is 11.0 Å². The van der Waals surface area contributed by atoms with E-state index in [1.54, 1.807) is 23.1 Å². The minimum atomic E-state index is -0.0850. The first kappa shape index (κ1) is 23.1. The Labute approximate surface area is 189 Å². The molecule has 0 radical (unpaired) electrons. The molecule has 2 amide bonds. The van der Waals surface area contributed by atoms with Crippen molar-refractivity contribution in [3.05, 3.63) is 39.9 Å². The second-order valence-corrected chi connectivity index (χ2v) is 9.16. The number of nitrogens with zero attached hydrogens (tertiary/aromatic N) is 3. The summed E-state index contributed by atoms with van der Waals surface area (Å²) in [5.41, 5.74) is 0.817. The first-order chi connectivity index (χ1) is 14.4. The number of likely N-dealkylation sites (tertiary alicyclic amines) is 1. The molecule has 0 bridgehead atoms. The van der Waals surface area contributed by atoms with Crippen LogP contribution in [0.5, 0.6) is 0 Å². The van der Waals surface area contributed by atoms with Crippen molar-refractivity contribution < 1.29 is 9.59 Å². The average molecular weight is 452 g/mol. The Morgan fingerprint density at radius 3 is 2.57 bits per heavy atom. The molecule has 2 heterocycles. The zero-order chi connectivity index (χ0) is 21.5. The zero-order valence-electron chi connectivity index (χ0n) is 17.7. The van der Waals surface area contributed by atoms with Crippen molar-refractivity contribution in [3.63, 3.8) is 0 Å². The van der Waals surface area contributed by atoms with Crippen molar-refractivity contribution in [3.8, 4) is 0 Å². The van der Waals surface area contributed by atoms with Gasteiger partial charge in [-0.05, 0) is 68.6 Å². The van der Waals surface area contributed by atoms with Crippen molar-refractivity contribution in [1.29, 1.82) is 0 Å². The van der Waals surface area contributed by atoms with Gasteiger partial charge in [-0.3, -0.25) is 9.59 Å². The summed E-state index contributed by atoms with van der Waals surface area (Å²) < 4.78 is 0. The quantitative estimate of drug-likeness (QED) is 0.608. The first-order valence-electron chi connectivity index (χ1n) is 10.8. The molecule has 2 aliphatic rings. The number of hydrogen-bond acceptors (Lipinski definition) is 3. The third-order valence-corrected chi connectivity index (χ3v) is 6.78. The summed E-state index contributed by atoms with van der Waals surface area (Å²) >= 11 is 11.9. The molecule has 7 heteroatoms. The van der Waals surface area contributed by atoms with Crippen LogP contribution in [0.3, 0.4) is 0 Å². The molecule has 0 unspecified atom stereocenters. The van der Waals surface area contributed by atoms with Crippen LogP contribution in [-0.2, 0) is 9.59 Å². The maximum absolute atomic E-state index is 12.6. The molecular weight excluding hydrogens is 421 g/mol. The van der Waals surface area contributed by atoms with Crippen LogP contribution in [0.25, 0.3) is 6.08 Å². The molecule has 2 fully saturated rings. The van der Waals surface area contributed by atoms with Crippen molar-refractivity contribution in [2.75, 3.05) is 45.8 Å². The van der Waals surface area contributed by atoms with Crippen molar-refractivity contribution in [1.82, 2.24) is 14.7 Å². The topological polar surface area (TPSA) is 43.9 Å². The maximum Gasteiger partial charge on any atom is 0.246 e. The Balaban J connectivity index is 1.45.